The molecule has 0 radical (unpaired) electrons. The fourth-order valence-electron chi connectivity index (χ4n) is 3.18. The second-order valence-corrected chi connectivity index (χ2v) is 6.97. The number of pyridine rings is 1. The van der Waals surface area contributed by atoms with Gasteiger partial charge in [0.1, 0.15) is 0 Å². The highest BCUT2D eigenvalue weighted by atomic mass is 35.5. The maximum Gasteiger partial charge on any atom is 0.0634 e. The van der Waals surface area contributed by atoms with E-state index in [1.165, 1.54) is 18.4 Å². The molecular formula is C16H24ClN3. The Kier molecular flexibility index (Phi) is 4.29. The second-order valence-electron chi connectivity index (χ2n) is 6.56. The van der Waals surface area contributed by atoms with E-state index in [9.17, 15) is 0 Å². The summed E-state index contributed by atoms with van der Waals surface area (Å²) in [6, 6.07) is 3.32. The summed E-state index contributed by atoms with van der Waals surface area (Å²) in [5.41, 5.74) is 1.21. The highest BCUT2D eigenvalue weighted by Crippen LogP contribution is 2.37. The van der Waals surface area contributed by atoms with Crippen molar-refractivity contribution in [3.63, 3.8) is 0 Å². The summed E-state index contributed by atoms with van der Waals surface area (Å²) in [5.74, 6) is 1.56. The average molecular weight is 294 g/mol. The summed E-state index contributed by atoms with van der Waals surface area (Å²) in [7, 11) is 0. The predicted octanol–water partition coefficient (Wildman–Crippen LogP) is 2.94. The Labute approximate surface area is 126 Å². The van der Waals surface area contributed by atoms with E-state index in [1.54, 1.807) is 6.20 Å². The molecule has 110 valence electrons. The van der Waals surface area contributed by atoms with Gasteiger partial charge in [-0.25, -0.2) is 0 Å². The quantitative estimate of drug-likeness (QED) is 0.925. The van der Waals surface area contributed by atoms with Crippen LogP contribution in [-0.4, -0.2) is 35.1 Å². The van der Waals surface area contributed by atoms with Crippen LogP contribution in [0.15, 0.2) is 18.5 Å². The van der Waals surface area contributed by atoms with Crippen LogP contribution in [0.3, 0.4) is 0 Å². The number of rotatable bonds is 4. The molecule has 1 aromatic heterocycles. The molecule has 2 atom stereocenters. The fourth-order valence-corrected chi connectivity index (χ4v) is 3.36. The minimum atomic E-state index is 0.589. The van der Waals surface area contributed by atoms with Gasteiger partial charge in [0.2, 0.25) is 0 Å². The van der Waals surface area contributed by atoms with E-state index in [0.29, 0.717) is 18.0 Å². The summed E-state index contributed by atoms with van der Waals surface area (Å²) >= 11 is 6.28. The minimum Gasteiger partial charge on any atom is -0.311 e. The summed E-state index contributed by atoms with van der Waals surface area (Å²) in [6.45, 7) is 7.79. The molecule has 1 aliphatic carbocycles. The Hall–Kier alpha value is -0.640. The first-order valence-electron chi connectivity index (χ1n) is 7.71. The Balaban J connectivity index is 1.74. The first-order chi connectivity index (χ1) is 9.65. The van der Waals surface area contributed by atoms with Gasteiger partial charge in [0.15, 0.2) is 0 Å². The number of nitrogens with one attached hydrogen (secondary N) is 1. The molecule has 1 saturated carbocycles. The SMILES string of the molecule is CC(C)C1CN(Cc2ccncc2Cl)C(C2CC2)CN1. The van der Waals surface area contributed by atoms with E-state index in [0.717, 1.165) is 30.6 Å². The smallest absolute Gasteiger partial charge is 0.0634 e. The van der Waals surface area contributed by atoms with Gasteiger partial charge in [0, 0.05) is 44.1 Å². The van der Waals surface area contributed by atoms with Gasteiger partial charge in [-0.05, 0) is 36.3 Å². The molecule has 3 nitrogen and oxygen atoms in total. The van der Waals surface area contributed by atoms with Crippen LogP contribution in [0.2, 0.25) is 5.02 Å². The van der Waals surface area contributed by atoms with Crippen LogP contribution in [0.1, 0.15) is 32.3 Å². The molecule has 0 aromatic carbocycles. The van der Waals surface area contributed by atoms with Gasteiger partial charge >= 0.3 is 0 Å². The van der Waals surface area contributed by atoms with Crippen LogP contribution in [0.4, 0.5) is 0 Å². The fraction of sp³-hybridized carbons (Fsp3) is 0.688. The molecular weight excluding hydrogens is 270 g/mol. The van der Waals surface area contributed by atoms with Crippen molar-refractivity contribution in [2.45, 2.75) is 45.3 Å². The highest BCUT2D eigenvalue weighted by molar-refractivity contribution is 6.31. The molecule has 1 N–H and O–H groups in total. The van der Waals surface area contributed by atoms with Crippen LogP contribution >= 0.6 is 11.6 Å². The first-order valence-corrected chi connectivity index (χ1v) is 8.08. The van der Waals surface area contributed by atoms with E-state index in [2.05, 4.69) is 35.1 Å². The average Bonchev–Trinajstić information content (AvgIpc) is 3.25. The molecule has 2 aliphatic rings. The van der Waals surface area contributed by atoms with Crippen molar-refractivity contribution in [3.05, 3.63) is 29.0 Å². The van der Waals surface area contributed by atoms with Crippen molar-refractivity contribution in [1.29, 1.82) is 0 Å². The topological polar surface area (TPSA) is 28.2 Å². The molecule has 1 saturated heterocycles. The Bertz CT molecular complexity index is 459. The Morgan fingerprint density at radius 1 is 1.45 bits per heavy atom. The van der Waals surface area contributed by atoms with Gasteiger partial charge in [0.25, 0.3) is 0 Å². The second kappa shape index (κ2) is 6.00. The van der Waals surface area contributed by atoms with Crippen molar-refractivity contribution in [2.75, 3.05) is 13.1 Å². The van der Waals surface area contributed by atoms with Crippen LogP contribution in [0, 0.1) is 11.8 Å². The number of nitrogens with zero attached hydrogens (tertiary/aromatic N) is 2. The summed E-state index contributed by atoms with van der Waals surface area (Å²) in [4.78, 5) is 6.72. The lowest BCUT2D eigenvalue weighted by Gasteiger charge is -2.42. The van der Waals surface area contributed by atoms with Crippen LogP contribution < -0.4 is 5.32 Å². The molecule has 20 heavy (non-hydrogen) atoms. The lowest BCUT2D eigenvalue weighted by Crippen LogP contribution is -2.58. The molecule has 0 spiro atoms. The predicted molar refractivity (Wildman–Crippen MR) is 82.8 cm³/mol. The number of aromatic nitrogens is 1. The number of hydrogen-bond acceptors (Lipinski definition) is 3. The third kappa shape index (κ3) is 3.16. The standard InChI is InChI=1S/C16H24ClN3/c1-11(2)15-10-20(16(8-19-15)12-3-4-12)9-13-5-6-18-7-14(13)17/h5-7,11-12,15-16,19H,3-4,8-10H2,1-2H3. The Morgan fingerprint density at radius 2 is 2.25 bits per heavy atom. The van der Waals surface area contributed by atoms with Crippen molar-refractivity contribution in [1.82, 2.24) is 15.2 Å². The molecule has 2 heterocycles. The summed E-state index contributed by atoms with van der Waals surface area (Å²) < 4.78 is 0. The number of piperazine rings is 1. The maximum absolute atomic E-state index is 6.28. The van der Waals surface area contributed by atoms with Crippen molar-refractivity contribution in [3.8, 4) is 0 Å². The molecule has 2 fully saturated rings. The van der Waals surface area contributed by atoms with Crippen LogP contribution in [-0.2, 0) is 6.54 Å². The summed E-state index contributed by atoms with van der Waals surface area (Å²) in [6.07, 6.45) is 6.37. The zero-order valence-corrected chi connectivity index (χ0v) is 13.1. The zero-order valence-electron chi connectivity index (χ0n) is 12.3. The first kappa shape index (κ1) is 14.3. The molecule has 1 aromatic rings. The molecule has 3 rings (SSSR count). The van der Waals surface area contributed by atoms with Crippen molar-refractivity contribution < 1.29 is 0 Å². The van der Waals surface area contributed by atoms with Gasteiger partial charge in [-0.15, -0.1) is 0 Å². The largest absolute Gasteiger partial charge is 0.311 e. The van der Waals surface area contributed by atoms with E-state index in [-0.39, 0.29) is 0 Å². The lowest BCUT2D eigenvalue weighted by atomic mass is 9.97. The zero-order chi connectivity index (χ0) is 14.1. The van der Waals surface area contributed by atoms with Gasteiger partial charge in [-0.2, -0.15) is 0 Å². The van der Waals surface area contributed by atoms with Gasteiger partial charge in [-0.1, -0.05) is 25.4 Å². The van der Waals surface area contributed by atoms with Crippen molar-refractivity contribution in [2.24, 2.45) is 11.8 Å². The Morgan fingerprint density at radius 3 is 2.90 bits per heavy atom. The van der Waals surface area contributed by atoms with Gasteiger partial charge in [-0.3, -0.25) is 9.88 Å². The number of halogens is 1. The summed E-state index contributed by atoms with van der Waals surface area (Å²) in [5, 5.41) is 4.53. The van der Waals surface area contributed by atoms with Crippen LogP contribution in [0.5, 0.6) is 0 Å². The third-order valence-corrected chi connectivity index (χ3v) is 5.03. The van der Waals surface area contributed by atoms with Gasteiger partial charge in [0.05, 0.1) is 5.02 Å². The van der Waals surface area contributed by atoms with E-state index < -0.39 is 0 Å². The number of hydrogen-bond donors (Lipinski definition) is 1. The van der Waals surface area contributed by atoms with Crippen LogP contribution in [0.25, 0.3) is 0 Å². The molecule has 2 unspecified atom stereocenters. The molecule has 0 amide bonds. The molecule has 1 aliphatic heterocycles. The molecule has 0 bridgehead atoms. The highest BCUT2D eigenvalue weighted by Gasteiger charge is 2.39. The van der Waals surface area contributed by atoms with Gasteiger partial charge < -0.3 is 5.32 Å². The third-order valence-electron chi connectivity index (χ3n) is 4.69. The minimum absolute atomic E-state index is 0.589. The molecule has 4 heteroatoms. The van der Waals surface area contributed by atoms with E-state index >= 15 is 0 Å². The normalized spacial score (nSPS) is 28.0. The van der Waals surface area contributed by atoms with Crippen molar-refractivity contribution >= 4 is 11.6 Å². The maximum atomic E-state index is 6.28. The van der Waals surface area contributed by atoms with E-state index in [1.807, 2.05) is 6.20 Å². The lowest BCUT2D eigenvalue weighted by molar-refractivity contribution is 0.0926. The van der Waals surface area contributed by atoms with E-state index in [4.69, 9.17) is 11.6 Å². The monoisotopic (exact) mass is 293 g/mol.